The predicted molar refractivity (Wildman–Crippen MR) is 78.5 cm³/mol. The number of benzene rings is 1. The van der Waals surface area contributed by atoms with Gasteiger partial charge in [0.05, 0.1) is 11.1 Å². The summed E-state index contributed by atoms with van der Waals surface area (Å²) in [6.07, 6.45) is 1.49. The van der Waals surface area contributed by atoms with Crippen LogP contribution in [0, 0.1) is 0 Å². The number of carbonyl (C=O) groups excluding carboxylic acids is 1. The maximum atomic E-state index is 11.9. The molecule has 1 aliphatic heterocycles. The molecule has 0 radical (unpaired) electrons. The summed E-state index contributed by atoms with van der Waals surface area (Å²) < 4.78 is 11.0. The fourth-order valence-corrected chi connectivity index (χ4v) is 2.32. The second kappa shape index (κ2) is 7.16. The summed E-state index contributed by atoms with van der Waals surface area (Å²) in [6, 6.07) is 5.07. The summed E-state index contributed by atoms with van der Waals surface area (Å²) >= 11 is 11.9. The molecule has 0 aliphatic carbocycles. The first-order valence-corrected chi connectivity index (χ1v) is 7.33. The Morgan fingerprint density at radius 2 is 2.35 bits per heavy atom. The summed E-state index contributed by atoms with van der Waals surface area (Å²) in [6.45, 7) is 2.95. The van der Waals surface area contributed by atoms with Crippen LogP contribution < -0.4 is 10.1 Å². The lowest BCUT2D eigenvalue weighted by atomic mass is 10.2. The lowest BCUT2D eigenvalue weighted by Crippen LogP contribution is -2.40. The summed E-state index contributed by atoms with van der Waals surface area (Å²) in [4.78, 5) is 11.9. The molecule has 1 aliphatic rings. The van der Waals surface area contributed by atoms with E-state index in [0.717, 1.165) is 19.4 Å². The van der Waals surface area contributed by atoms with Gasteiger partial charge in [-0.05, 0) is 31.9 Å². The lowest BCUT2D eigenvalue weighted by molar-refractivity contribution is -0.127. The maximum absolute atomic E-state index is 11.9. The highest BCUT2D eigenvalue weighted by atomic mass is 35.5. The van der Waals surface area contributed by atoms with Crippen LogP contribution in [0.25, 0.3) is 0 Å². The highest BCUT2D eigenvalue weighted by molar-refractivity contribution is 6.42. The van der Waals surface area contributed by atoms with E-state index in [9.17, 15) is 4.79 Å². The van der Waals surface area contributed by atoms with Gasteiger partial charge >= 0.3 is 0 Å². The SMILES string of the molecule is C[C@H](Oc1cccc(Cl)c1Cl)C(=O)NC[C@@H]1CCCO1. The Labute approximate surface area is 128 Å². The van der Waals surface area contributed by atoms with Gasteiger partial charge < -0.3 is 14.8 Å². The predicted octanol–water partition coefficient (Wildman–Crippen LogP) is 3.06. The van der Waals surface area contributed by atoms with Gasteiger partial charge in [-0.1, -0.05) is 29.3 Å². The Kier molecular flexibility index (Phi) is 5.52. The molecular formula is C14H17Cl2NO3. The fourth-order valence-electron chi connectivity index (χ4n) is 1.98. The first-order valence-electron chi connectivity index (χ1n) is 6.58. The molecule has 1 aromatic rings. The normalized spacial score (nSPS) is 19.6. The summed E-state index contributed by atoms with van der Waals surface area (Å²) in [5.74, 6) is 0.204. The molecule has 6 heteroatoms. The van der Waals surface area contributed by atoms with E-state index in [1.165, 1.54) is 0 Å². The monoisotopic (exact) mass is 317 g/mol. The van der Waals surface area contributed by atoms with Crippen molar-refractivity contribution in [3.05, 3.63) is 28.2 Å². The molecule has 20 heavy (non-hydrogen) atoms. The van der Waals surface area contributed by atoms with Gasteiger partial charge in [-0.25, -0.2) is 0 Å². The molecule has 2 rings (SSSR count). The minimum atomic E-state index is -0.646. The van der Waals surface area contributed by atoms with Crippen LogP contribution in [-0.2, 0) is 9.53 Å². The number of hydrogen-bond donors (Lipinski definition) is 1. The molecule has 1 heterocycles. The molecule has 2 atom stereocenters. The van der Waals surface area contributed by atoms with Gasteiger partial charge in [0.15, 0.2) is 6.10 Å². The summed E-state index contributed by atoms with van der Waals surface area (Å²) in [5.41, 5.74) is 0. The molecule has 1 amide bonds. The van der Waals surface area contributed by atoms with Crippen molar-refractivity contribution >= 4 is 29.1 Å². The van der Waals surface area contributed by atoms with E-state index in [1.54, 1.807) is 25.1 Å². The largest absolute Gasteiger partial charge is 0.479 e. The second-order valence-electron chi connectivity index (χ2n) is 4.69. The van der Waals surface area contributed by atoms with Crippen molar-refractivity contribution in [1.82, 2.24) is 5.32 Å². The van der Waals surface area contributed by atoms with E-state index in [-0.39, 0.29) is 12.0 Å². The van der Waals surface area contributed by atoms with Crippen molar-refractivity contribution < 1.29 is 14.3 Å². The highest BCUT2D eigenvalue weighted by Crippen LogP contribution is 2.32. The zero-order chi connectivity index (χ0) is 14.5. The van der Waals surface area contributed by atoms with Crippen LogP contribution in [0.3, 0.4) is 0 Å². The van der Waals surface area contributed by atoms with Gasteiger partial charge in [-0.3, -0.25) is 4.79 Å². The van der Waals surface area contributed by atoms with Crippen molar-refractivity contribution in [2.24, 2.45) is 0 Å². The van der Waals surface area contributed by atoms with Crippen LogP contribution in [0.1, 0.15) is 19.8 Å². The van der Waals surface area contributed by atoms with Crippen molar-refractivity contribution in [2.75, 3.05) is 13.2 Å². The molecule has 0 aromatic heterocycles. The van der Waals surface area contributed by atoms with Crippen molar-refractivity contribution in [1.29, 1.82) is 0 Å². The van der Waals surface area contributed by atoms with Crippen LogP contribution in [-0.4, -0.2) is 31.3 Å². The average molecular weight is 318 g/mol. The van der Waals surface area contributed by atoms with E-state index in [0.29, 0.717) is 22.3 Å². The molecule has 1 aromatic carbocycles. The van der Waals surface area contributed by atoms with Crippen LogP contribution in [0.4, 0.5) is 0 Å². The third kappa shape index (κ3) is 4.01. The summed E-state index contributed by atoms with van der Waals surface area (Å²) in [7, 11) is 0. The van der Waals surface area contributed by atoms with Crippen molar-refractivity contribution in [3.8, 4) is 5.75 Å². The minimum absolute atomic E-state index is 0.112. The first-order chi connectivity index (χ1) is 9.58. The highest BCUT2D eigenvalue weighted by Gasteiger charge is 2.20. The third-order valence-electron chi connectivity index (χ3n) is 3.12. The van der Waals surface area contributed by atoms with E-state index in [1.807, 2.05) is 0 Å². The lowest BCUT2D eigenvalue weighted by Gasteiger charge is -2.17. The molecule has 1 N–H and O–H groups in total. The Morgan fingerprint density at radius 1 is 1.55 bits per heavy atom. The van der Waals surface area contributed by atoms with E-state index < -0.39 is 6.10 Å². The number of rotatable bonds is 5. The molecule has 0 unspecified atom stereocenters. The Morgan fingerprint density at radius 3 is 3.05 bits per heavy atom. The van der Waals surface area contributed by atoms with Gasteiger partial charge in [-0.2, -0.15) is 0 Å². The Balaban J connectivity index is 1.85. The molecule has 110 valence electrons. The second-order valence-corrected chi connectivity index (χ2v) is 5.48. The smallest absolute Gasteiger partial charge is 0.260 e. The topological polar surface area (TPSA) is 47.6 Å². The Hall–Kier alpha value is -0.970. The van der Waals surface area contributed by atoms with Gasteiger partial charge in [0.1, 0.15) is 10.8 Å². The molecular weight excluding hydrogens is 301 g/mol. The van der Waals surface area contributed by atoms with Crippen LogP contribution in [0.2, 0.25) is 10.0 Å². The number of halogens is 2. The molecule has 0 saturated carbocycles. The first kappa shape index (κ1) is 15.4. The third-order valence-corrected chi connectivity index (χ3v) is 3.92. The van der Waals surface area contributed by atoms with E-state index >= 15 is 0 Å². The van der Waals surface area contributed by atoms with Crippen molar-refractivity contribution in [3.63, 3.8) is 0 Å². The van der Waals surface area contributed by atoms with Crippen LogP contribution in [0.15, 0.2) is 18.2 Å². The van der Waals surface area contributed by atoms with Gasteiger partial charge in [0, 0.05) is 13.2 Å². The molecule has 0 bridgehead atoms. The van der Waals surface area contributed by atoms with Crippen LogP contribution in [0.5, 0.6) is 5.75 Å². The van der Waals surface area contributed by atoms with Crippen LogP contribution >= 0.6 is 23.2 Å². The van der Waals surface area contributed by atoms with Gasteiger partial charge in [-0.15, -0.1) is 0 Å². The number of hydrogen-bond acceptors (Lipinski definition) is 3. The number of nitrogens with one attached hydrogen (secondary N) is 1. The van der Waals surface area contributed by atoms with E-state index in [2.05, 4.69) is 5.32 Å². The zero-order valence-electron chi connectivity index (χ0n) is 11.2. The molecule has 1 saturated heterocycles. The summed E-state index contributed by atoms with van der Waals surface area (Å²) in [5, 5.41) is 3.53. The van der Waals surface area contributed by atoms with Gasteiger partial charge in [0.2, 0.25) is 0 Å². The molecule has 0 spiro atoms. The molecule has 4 nitrogen and oxygen atoms in total. The number of amides is 1. The van der Waals surface area contributed by atoms with Crippen molar-refractivity contribution in [2.45, 2.75) is 32.0 Å². The van der Waals surface area contributed by atoms with Gasteiger partial charge in [0.25, 0.3) is 5.91 Å². The zero-order valence-corrected chi connectivity index (χ0v) is 12.7. The number of ether oxygens (including phenoxy) is 2. The Bertz CT molecular complexity index is 475. The standard InChI is InChI=1S/C14H17Cl2NO3/c1-9(14(18)17-8-10-4-3-7-19-10)20-12-6-2-5-11(15)13(12)16/h2,5-6,9-10H,3-4,7-8H2,1H3,(H,17,18)/t9-,10-/m0/s1. The fraction of sp³-hybridized carbons (Fsp3) is 0.500. The minimum Gasteiger partial charge on any atom is -0.479 e. The quantitative estimate of drug-likeness (QED) is 0.908. The number of carbonyl (C=O) groups is 1. The van der Waals surface area contributed by atoms with E-state index in [4.69, 9.17) is 32.7 Å². The maximum Gasteiger partial charge on any atom is 0.260 e. The average Bonchev–Trinajstić information content (AvgIpc) is 2.94. The molecule has 1 fully saturated rings.